The zero-order valence-electron chi connectivity index (χ0n) is 13.0. The maximum Gasteiger partial charge on any atom is 0.221 e. The Morgan fingerprint density at radius 2 is 2.14 bits per heavy atom. The maximum atomic E-state index is 11.9. The average molecular weight is 289 g/mol. The van der Waals surface area contributed by atoms with E-state index in [4.69, 9.17) is 0 Å². The van der Waals surface area contributed by atoms with Gasteiger partial charge in [-0.1, -0.05) is 24.6 Å². The number of hydrogen-bond acceptors (Lipinski definition) is 3. The highest BCUT2D eigenvalue weighted by Crippen LogP contribution is 2.11. The molecule has 1 aliphatic heterocycles. The van der Waals surface area contributed by atoms with E-state index in [1.807, 2.05) is 18.2 Å². The van der Waals surface area contributed by atoms with Gasteiger partial charge in [-0.3, -0.25) is 4.79 Å². The quantitative estimate of drug-likeness (QED) is 0.756. The van der Waals surface area contributed by atoms with E-state index in [9.17, 15) is 4.79 Å². The van der Waals surface area contributed by atoms with Crippen LogP contribution >= 0.6 is 0 Å². The summed E-state index contributed by atoms with van der Waals surface area (Å²) in [5.74, 6) is 0.178. The van der Waals surface area contributed by atoms with Gasteiger partial charge in [0.2, 0.25) is 5.91 Å². The Morgan fingerprint density at radius 1 is 1.33 bits per heavy atom. The first-order valence-corrected chi connectivity index (χ1v) is 8.02. The molecule has 1 aromatic carbocycles. The number of carbonyl (C=O) groups is 1. The van der Waals surface area contributed by atoms with Crippen LogP contribution in [0.4, 0.5) is 5.69 Å². The molecule has 1 amide bonds. The number of piperidine rings is 1. The van der Waals surface area contributed by atoms with Crippen LogP contribution in [0, 0.1) is 0 Å². The minimum Gasteiger partial charge on any atom is -0.375 e. The second-order valence-electron chi connectivity index (χ2n) is 5.81. The molecule has 21 heavy (non-hydrogen) atoms. The van der Waals surface area contributed by atoms with Gasteiger partial charge in [0.05, 0.1) is 0 Å². The van der Waals surface area contributed by atoms with Crippen molar-refractivity contribution in [3.8, 4) is 0 Å². The molecular weight excluding hydrogens is 262 g/mol. The van der Waals surface area contributed by atoms with Crippen molar-refractivity contribution in [1.82, 2.24) is 10.6 Å². The summed E-state index contributed by atoms with van der Waals surface area (Å²) in [6, 6.07) is 10.7. The third-order valence-corrected chi connectivity index (χ3v) is 4.03. The fourth-order valence-electron chi connectivity index (χ4n) is 2.75. The van der Waals surface area contributed by atoms with E-state index >= 15 is 0 Å². The van der Waals surface area contributed by atoms with Crippen LogP contribution in [0.2, 0.25) is 0 Å². The number of hydrogen-bond donors (Lipinski definition) is 2. The molecular formula is C17H27N3O. The normalized spacial score (nSPS) is 18.2. The summed E-state index contributed by atoms with van der Waals surface area (Å²) in [6.07, 6.45) is 5.20. The molecule has 1 unspecified atom stereocenters. The van der Waals surface area contributed by atoms with Crippen molar-refractivity contribution in [2.24, 2.45) is 0 Å². The van der Waals surface area contributed by atoms with Crippen molar-refractivity contribution in [3.63, 3.8) is 0 Å². The van der Waals surface area contributed by atoms with Gasteiger partial charge in [-0.15, -0.1) is 0 Å². The number of amides is 1. The largest absolute Gasteiger partial charge is 0.375 e. The Balaban J connectivity index is 1.57. The van der Waals surface area contributed by atoms with E-state index < -0.39 is 0 Å². The van der Waals surface area contributed by atoms with Crippen LogP contribution in [0.1, 0.15) is 32.1 Å². The van der Waals surface area contributed by atoms with E-state index in [0.29, 0.717) is 12.5 Å². The predicted octanol–water partition coefficient (Wildman–Crippen LogP) is 2.16. The number of rotatable bonds is 7. The predicted molar refractivity (Wildman–Crippen MR) is 87.6 cm³/mol. The molecule has 2 rings (SSSR count). The number of nitrogens with zero attached hydrogens (tertiary/aromatic N) is 1. The van der Waals surface area contributed by atoms with E-state index in [-0.39, 0.29) is 5.91 Å². The van der Waals surface area contributed by atoms with Gasteiger partial charge in [-0.2, -0.15) is 0 Å². The number of para-hydroxylation sites is 1. The minimum atomic E-state index is 0.178. The van der Waals surface area contributed by atoms with Crippen LogP contribution in [-0.4, -0.2) is 38.6 Å². The molecule has 0 saturated carbocycles. The Hall–Kier alpha value is -1.55. The second-order valence-corrected chi connectivity index (χ2v) is 5.81. The Kier molecular flexibility index (Phi) is 6.54. The SMILES string of the molecule is CN(CCCNC(=O)CC1CCCCN1)c1ccccc1. The van der Waals surface area contributed by atoms with Gasteiger partial charge in [0, 0.05) is 38.3 Å². The summed E-state index contributed by atoms with van der Waals surface area (Å²) >= 11 is 0. The molecule has 4 heteroatoms. The number of carbonyl (C=O) groups excluding carboxylic acids is 1. The molecule has 1 fully saturated rings. The molecule has 2 N–H and O–H groups in total. The first-order valence-electron chi connectivity index (χ1n) is 8.02. The lowest BCUT2D eigenvalue weighted by atomic mass is 10.0. The third kappa shape index (κ3) is 5.76. The van der Waals surface area contributed by atoms with Crippen molar-refractivity contribution >= 4 is 11.6 Å². The molecule has 1 saturated heterocycles. The van der Waals surface area contributed by atoms with Crippen LogP contribution in [-0.2, 0) is 4.79 Å². The van der Waals surface area contributed by atoms with Gasteiger partial charge >= 0.3 is 0 Å². The molecule has 0 aromatic heterocycles. The summed E-state index contributed by atoms with van der Waals surface area (Å²) in [4.78, 5) is 14.1. The van der Waals surface area contributed by atoms with Gasteiger partial charge in [0.1, 0.15) is 0 Å². The summed E-state index contributed by atoms with van der Waals surface area (Å²) in [6.45, 7) is 2.76. The van der Waals surface area contributed by atoms with E-state index in [1.165, 1.54) is 18.5 Å². The molecule has 1 aliphatic rings. The number of nitrogens with one attached hydrogen (secondary N) is 2. The first kappa shape index (κ1) is 15.8. The van der Waals surface area contributed by atoms with Crippen molar-refractivity contribution in [2.45, 2.75) is 38.1 Å². The van der Waals surface area contributed by atoms with Crippen LogP contribution in [0.5, 0.6) is 0 Å². The van der Waals surface area contributed by atoms with Crippen LogP contribution in [0.3, 0.4) is 0 Å². The second kappa shape index (κ2) is 8.67. The van der Waals surface area contributed by atoms with Gasteiger partial charge in [-0.05, 0) is 37.9 Å². The summed E-state index contributed by atoms with van der Waals surface area (Å²) in [5.41, 5.74) is 1.22. The van der Waals surface area contributed by atoms with E-state index in [2.05, 4.69) is 34.7 Å². The summed E-state index contributed by atoms with van der Waals surface area (Å²) in [7, 11) is 2.09. The monoisotopic (exact) mass is 289 g/mol. The van der Waals surface area contributed by atoms with Gasteiger partial charge in [0.15, 0.2) is 0 Å². The smallest absolute Gasteiger partial charge is 0.221 e. The Labute approximate surface area is 127 Å². The molecule has 1 atom stereocenters. The lowest BCUT2D eigenvalue weighted by Crippen LogP contribution is -2.39. The zero-order chi connectivity index (χ0) is 14.9. The van der Waals surface area contributed by atoms with Gasteiger partial charge < -0.3 is 15.5 Å². The van der Waals surface area contributed by atoms with Crippen molar-refractivity contribution in [3.05, 3.63) is 30.3 Å². The highest BCUT2D eigenvalue weighted by atomic mass is 16.1. The number of benzene rings is 1. The van der Waals surface area contributed by atoms with Crippen molar-refractivity contribution in [2.75, 3.05) is 31.6 Å². The van der Waals surface area contributed by atoms with Crippen molar-refractivity contribution < 1.29 is 4.79 Å². The van der Waals surface area contributed by atoms with Crippen LogP contribution in [0.15, 0.2) is 30.3 Å². The highest BCUT2D eigenvalue weighted by Gasteiger charge is 2.15. The van der Waals surface area contributed by atoms with Crippen LogP contribution < -0.4 is 15.5 Å². The molecule has 4 nitrogen and oxygen atoms in total. The molecule has 0 aliphatic carbocycles. The molecule has 1 aromatic rings. The summed E-state index contributed by atoms with van der Waals surface area (Å²) in [5, 5.41) is 6.44. The van der Waals surface area contributed by atoms with Crippen LogP contribution in [0.25, 0.3) is 0 Å². The fraction of sp³-hybridized carbons (Fsp3) is 0.588. The molecule has 0 spiro atoms. The van der Waals surface area contributed by atoms with E-state index in [1.54, 1.807) is 0 Å². The van der Waals surface area contributed by atoms with E-state index in [0.717, 1.165) is 32.5 Å². The Bertz CT molecular complexity index is 415. The molecule has 116 valence electrons. The molecule has 0 radical (unpaired) electrons. The standard InChI is InChI=1S/C17H27N3O/c1-20(16-9-3-2-4-10-16)13-7-12-19-17(21)14-15-8-5-6-11-18-15/h2-4,9-10,15,18H,5-8,11-14H2,1H3,(H,19,21). The lowest BCUT2D eigenvalue weighted by Gasteiger charge is -2.23. The first-order chi connectivity index (χ1) is 10.3. The molecule has 1 heterocycles. The maximum absolute atomic E-state index is 11.9. The minimum absolute atomic E-state index is 0.178. The highest BCUT2D eigenvalue weighted by molar-refractivity contribution is 5.76. The number of anilines is 1. The zero-order valence-corrected chi connectivity index (χ0v) is 13.0. The van der Waals surface area contributed by atoms with Gasteiger partial charge in [0.25, 0.3) is 0 Å². The van der Waals surface area contributed by atoms with Gasteiger partial charge in [-0.25, -0.2) is 0 Å². The topological polar surface area (TPSA) is 44.4 Å². The average Bonchev–Trinajstić information content (AvgIpc) is 2.53. The van der Waals surface area contributed by atoms with Crippen molar-refractivity contribution in [1.29, 1.82) is 0 Å². The fourth-order valence-corrected chi connectivity index (χ4v) is 2.75. The third-order valence-electron chi connectivity index (χ3n) is 4.03. The Morgan fingerprint density at radius 3 is 2.86 bits per heavy atom. The lowest BCUT2D eigenvalue weighted by molar-refractivity contribution is -0.121. The summed E-state index contributed by atoms with van der Waals surface area (Å²) < 4.78 is 0. The molecule has 0 bridgehead atoms.